The maximum Gasteiger partial charge on any atom is 0.124 e. The quantitative estimate of drug-likeness (QED) is 0.0909. The topological polar surface area (TPSA) is 130 Å². The Kier molecular flexibility index (Phi) is 18.1. The van der Waals surface area contributed by atoms with Gasteiger partial charge in [-0.25, -0.2) is 0 Å². The molecule has 8 nitrogen and oxygen atoms in total. The molecule has 0 aromatic heterocycles. The fourth-order valence-electron chi connectivity index (χ4n) is 6.23. The molecule has 0 heterocycles. The van der Waals surface area contributed by atoms with Crippen LogP contribution in [-0.4, -0.2) is 45.3 Å². The summed E-state index contributed by atoms with van der Waals surface area (Å²) in [6.07, 6.45) is 8.29. The second-order valence-electron chi connectivity index (χ2n) is 14.3. The molecule has 0 saturated carbocycles. The zero-order valence-corrected chi connectivity index (χ0v) is 36.5. The molecular weight excluding hydrogens is 886 g/mol. The maximum atomic E-state index is 9.81. The summed E-state index contributed by atoms with van der Waals surface area (Å²) in [5, 5.41) is 39.2. The molecule has 322 valence electrons. The molecule has 0 saturated heterocycles. The van der Waals surface area contributed by atoms with Crippen molar-refractivity contribution in [2.45, 2.75) is 12.8 Å². The Labute approximate surface area is 393 Å². The van der Waals surface area contributed by atoms with Gasteiger partial charge in [0, 0.05) is 80.7 Å². The Morgan fingerprint density at radius 3 is 0.641 bits per heavy atom. The number of phenolic OH excluding ortho intramolecular Hbond substituents is 4. The summed E-state index contributed by atoms with van der Waals surface area (Å²) < 4.78 is 0. The molecule has 0 bridgehead atoms. The number of para-hydroxylation sites is 4. The largest absolute Gasteiger partial charge is 0.507 e. The van der Waals surface area contributed by atoms with Crippen molar-refractivity contribution in [2.24, 2.45) is 20.0 Å². The summed E-state index contributed by atoms with van der Waals surface area (Å²) in [7, 11) is 0. The number of nitrogens with zero attached hydrogens (tertiary/aromatic N) is 4. The van der Waals surface area contributed by atoms with Gasteiger partial charge in [-0.05, 0) is 132 Å². The number of aliphatic imine (C=N–C) groups is 4. The first-order chi connectivity index (χ1) is 30.3. The first kappa shape index (κ1) is 47.7. The molecule has 0 aliphatic carbocycles. The summed E-state index contributed by atoms with van der Waals surface area (Å²) >= 11 is 0. The van der Waals surface area contributed by atoms with Crippen LogP contribution in [0.5, 0.6) is 23.0 Å². The predicted molar refractivity (Wildman–Crippen MR) is 253 cm³/mol. The third-order valence-electron chi connectivity index (χ3n) is 9.72. The minimum Gasteiger partial charge on any atom is -0.507 e. The van der Waals surface area contributed by atoms with E-state index in [-0.39, 0.29) is 56.6 Å². The first-order valence-electron chi connectivity index (χ1n) is 20.0. The number of hydrogen-bond donors (Lipinski definition) is 4. The molecule has 0 aliphatic rings. The van der Waals surface area contributed by atoms with Crippen molar-refractivity contribution in [2.75, 3.05) is 0 Å². The summed E-state index contributed by atoms with van der Waals surface area (Å²) in [6.45, 7) is 0. The van der Waals surface area contributed by atoms with Gasteiger partial charge in [0.1, 0.15) is 23.0 Å². The minimum atomic E-state index is 0. The van der Waals surface area contributed by atoms with E-state index >= 15 is 0 Å². The molecule has 8 rings (SSSR count). The van der Waals surface area contributed by atoms with Crippen molar-refractivity contribution in [1.82, 2.24) is 0 Å². The van der Waals surface area contributed by atoms with Gasteiger partial charge in [-0.2, -0.15) is 0 Å². The van der Waals surface area contributed by atoms with Crippen LogP contribution >= 0.6 is 0 Å². The zero-order chi connectivity index (χ0) is 42.9. The number of phenols is 4. The van der Waals surface area contributed by atoms with Gasteiger partial charge in [0.15, 0.2) is 0 Å². The molecule has 0 spiro atoms. The van der Waals surface area contributed by atoms with E-state index in [1.54, 1.807) is 73.4 Å². The molecule has 0 fully saturated rings. The van der Waals surface area contributed by atoms with Crippen LogP contribution < -0.4 is 0 Å². The monoisotopic (exact) mass is 930 g/mol. The van der Waals surface area contributed by atoms with E-state index in [0.717, 1.165) is 35.6 Å². The maximum absolute atomic E-state index is 9.81. The Balaban J connectivity index is 0.000000234. The van der Waals surface area contributed by atoms with Crippen LogP contribution in [0.15, 0.2) is 214 Å². The first-order valence-corrected chi connectivity index (χ1v) is 20.0. The molecule has 8 aromatic rings. The van der Waals surface area contributed by atoms with Crippen molar-refractivity contribution in [3.8, 4) is 23.0 Å². The standard InChI is InChI=1S/2C27H22N2O2.2Co/c2*30-26-7-3-1-5-22(26)18-28-24-13-9-20(10-14-24)17-21-11-15-25(16-12-21)29-19-23-6-2-4-8-27(23)31;;/h2*1-16,18-19,30-31H,17H2;;. The van der Waals surface area contributed by atoms with E-state index in [1.165, 1.54) is 22.3 Å². The van der Waals surface area contributed by atoms with Gasteiger partial charge >= 0.3 is 0 Å². The van der Waals surface area contributed by atoms with Crippen LogP contribution in [0, 0.1) is 0 Å². The number of rotatable bonds is 12. The van der Waals surface area contributed by atoms with Crippen molar-refractivity contribution in [3.63, 3.8) is 0 Å². The van der Waals surface area contributed by atoms with E-state index < -0.39 is 0 Å². The molecule has 4 N–H and O–H groups in total. The fraction of sp³-hybridized carbons (Fsp3) is 0.0370. The Hall–Kier alpha value is -7.35. The van der Waals surface area contributed by atoms with Crippen LogP contribution in [0.1, 0.15) is 44.5 Å². The second-order valence-corrected chi connectivity index (χ2v) is 14.3. The van der Waals surface area contributed by atoms with Gasteiger partial charge in [-0.1, -0.05) is 97.1 Å². The molecule has 8 aromatic carbocycles. The van der Waals surface area contributed by atoms with E-state index in [9.17, 15) is 20.4 Å². The normalized spacial score (nSPS) is 11.0. The summed E-state index contributed by atoms with van der Waals surface area (Å²) in [6, 6.07) is 60.7. The van der Waals surface area contributed by atoms with E-state index in [0.29, 0.717) is 22.3 Å². The molecule has 0 unspecified atom stereocenters. The third-order valence-corrected chi connectivity index (χ3v) is 9.72. The van der Waals surface area contributed by atoms with Crippen LogP contribution in [-0.2, 0) is 46.4 Å². The Morgan fingerprint density at radius 1 is 0.266 bits per heavy atom. The molecule has 0 atom stereocenters. The van der Waals surface area contributed by atoms with Crippen LogP contribution in [0.25, 0.3) is 0 Å². The molecule has 0 amide bonds. The third kappa shape index (κ3) is 14.4. The fourth-order valence-corrected chi connectivity index (χ4v) is 6.23. The molecule has 64 heavy (non-hydrogen) atoms. The number of hydrogen-bond acceptors (Lipinski definition) is 8. The second kappa shape index (κ2) is 24.3. The van der Waals surface area contributed by atoms with Crippen molar-refractivity contribution in [1.29, 1.82) is 0 Å². The van der Waals surface area contributed by atoms with Crippen molar-refractivity contribution < 1.29 is 54.0 Å². The Morgan fingerprint density at radius 2 is 0.453 bits per heavy atom. The van der Waals surface area contributed by atoms with Gasteiger partial charge in [0.2, 0.25) is 0 Å². The van der Waals surface area contributed by atoms with E-state index in [4.69, 9.17) is 0 Å². The van der Waals surface area contributed by atoms with E-state index in [2.05, 4.69) is 68.5 Å². The van der Waals surface area contributed by atoms with Crippen LogP contribution in [0.3, 0.4) is 0 Å². The van der Waals surface area contributed by atoms with Gasteiger partial charge < -0.3 is 20.4 Å². The Bertz CT molecular complexity index is 2440. The smallest absolute Gasteiger partial charge is 0.124 e. The molecule has 0 aliphatic heterocycles. The number of benzene rings is 8. The van der Waals surface area contributed by atoms with Gasteiger partial charge in [-0.15, -0.1) is 0 Å². The molecular formula is C54H44Co2N4O4. The van der Waals surface area contributed by atoms with Crippen molar-refractivity contribution >= 4 is 47.6 Å². The zero-order valence-electron chi connectivity index (χ0n) is 34.4. The molecule has 2 radical (unpaired) electrons. The van der Waals surface area contributed by atoms with Gasteiger partial charge in [0.25, 0.3) is 0 Å². The summed E-state index contributed by atoms with van der Waals surface area (Å²) in [5.74, 6) is 0.875. The summed E-state index contributed by atoms with van der Waals surface area (Å²) in [4.78, 5) is 17.7. The van der Waals surface area contributed by atoms with Crippen LogP contribution in [0.2, 0.25) is 0 Å². The average molecular weight is 931 g/mol. The van der Waals surface area contributed by atoms with Gasteiger partial charge in [0.05, 0.1) is 22.7 Å². The van der Waals surface area contributed by atoms with Crippen molar-refractivity contribution in [3.05, 3.63) is 239 Å². The van der Waals surface area contributed by atoms with Gasteiger partial charge in [-0.3, -0.25) is 20.0 Å². The average Bonchev–Trinajstić information content (AvgIpc) is 3.30. The number of aromatic hydroxyl groups is 4. The minimum absolute atomic E-state index is 0. The summed E-state index contributed by atoms with van der Waals surface area (Å²) in [5.41, 5.74) is 10.9. The molecule has 10 heteroatoms. The SMILES string of the molecule is Oc1ccccc1C=Nc1ccc(Cc2ccc(N=Cc3ccccc3O)cc2)cc1.Oc1ccccc1C=Nc1ccc(Cc2ccc(N=Cc3ccccc3O)cc2)cc1.[Co].[Co]. The predicted octanol–water partition coefficient (Wildman–Crippen LogP) is 12.4. The van der Waals surface area contributed by atoms with Crippen LogP contribution in [0.4, 0.5) is 22.7 Å². The van der Waals surface area contributed by atoms with E-state index in [1.807, 2.05) is 97.1 Å².